The smallest absolute Gasteiger partial charge is 0.0589 e. The summed E-state index contributed by atoms with van der Waals surface area (Å²) in [5.41, 5.74) is 0. The second-order valence-corrected chi connectivity index (χ2v) is 7.32. The van der Waals surface area contributed by atoms with E-state index < -0.39 is 0 Å². The van der Waals surface area contributed by atoms with Crippen LogP contribution in [0.3, 0.4) is 0 Å². The average Bonchev–Trinajstić information content (AvgIpc) is 2.44. The molecule has 0 radical (unpaired) electrons. The highest BCUT2D eigenvalue weighted by molar-refractivity contribution is 4.88. The Morgan fingerprint density at radius 2 is 1.90 bits per heavy atom. The molecule has 0 aromatic rings. The van der Waals surface area contributed by atoms with Gasteiger partial charge in [-0.25, -0.2) is 0 Å². The minimum atomic E-state index is 0.599. The molecule has 21 heavy (non-hydrogen) atoms. The average molecular weight is 299 g/mol. The summed E-state index contributed by atoms with van der Waals surface area (Å²) in [7, 11) is 1.80. The maximum Gasteiger partial charge on any atom is 0.0589 e. The second-order valence-electron chi connectivity index (χ2n) is 7.32. The molecule has 3 heteroatoms. The molecule has 1 saturated carbocycles. The Labute approximate surface area is 132 Å². The van der Waals surface area contributed by atoms with E-state index in [0.717, 1.165) is 37.5 Å². The van der Waals surface area contributed by atoms with Gasteiger partial charge in [-0.15, -0.1) is 0 Å². The lowest BCUT2D eigenvalue weighted by molar-refractivity contribution is 0.0817. The monoisotopic (exact) mass is 298 g/mol. The molecular weight excluding hydrogens is 260 g/mol. The molecule has 3 unspecified atom stereocenters. The zero-order valence-electron chi connectivity index (χ0n) is 15.2. The summed E-state index contributed by atoms with van der Waals surface area (Å²) in [5.74, 6) is 2.51. The molecule has 0 aromatic carbocycles. The fourth-order valence-electron chi connectivity index (χ4n) is 3.71. The topological polar surface area (TPSA) is 24.5 Å². The maximum atomic E-state index is 5.29. The third-order valence-corrected chi connectivity index (χ3v) is 5.21. The van der Waals surface area contributed by atoms with Crippen LogP contribution in [0.5, 0.6) is 0 Å². The number of rotatable bonds is 9. The number of hydrogen-bond acceptors (Lipinski definition) is 3. The van der Waals surface area contributed by atoms with E-state index in [1.807, 2.05) is 0 Å². The molecule has 3 atom stereocenters. The van der Waals surface area contributed by atoms with E-state index >= 15 is 0 Å². The zero-order chi connectivity index (χ0) is 15.8. The van der Waals surface area contributed by atoms with Gasteiger partial charge in [0.15, 0.2) is 0 Å². The van der Waals surface area contributed by atoms with Gasteiger partial charge < -0.3 is 10.1 Å². The molecule has 1 aliphatic rings. The van der Waals surface area contributed by atoms with E-state index in [2.05, 4.69) is 44.8 Å². The van der Waals surface area contributed by atoms with Gasteiger partial charge in [-0.2, -0.15) is 0 Å². The molecule has 1 fully saturated rings. The predicted molar refractivity (Wildman–Crippen MR) is 91.7 cm³/mol. The Kier molecular flexibility index (Phi) is 8.84. The molecule has 0 heterocycles. The number of nitrogens with one attached hydrogen (secondary N) is 1. The largest absolute Gasteiger partial charge is 0.383 e. The fourth-order valence-corrected chi connectivity index (χ4v) is 3.71. The van der Waals surface area contributed by atoms with Crippen molar-refractivity contribution >= 4 is 0 Å². The molecule has 126 valence electrons. The Bertz CT molecular complexity index is 268. The molecule has 0 spiro atoms. The van der Waals surface area contributed by atoms with Crippen LogP contribution in [0.2, 0.25) is 0 Å². The van der Waals surface area contributed by atoms with Crippen molar-refractivity contribution in [2.24, 2.45) is 17.8 Å². The lowest BCUT2D eigenvalue weighted by Crippen LogP contribution is -2.48. The van der Waals surface area contributed by atoms with Gasteiger partial charge in [0.1, 0.15) is 0 Å². The normalized spacial score (nSPS) is 27.0. The van der Waals surface area contributed by atoms with Crippen LogP contribution in [0.15, 0.2) is 0 Å². The second kappa shape index (κ2) is 9.81. The molecule has 0 aromatic heterocycles. The van der Waals surface area contributed by atoms with Gasteiger partial charge in [-0.3, -0.25) is 4.90 Å². The first kappa shape index (κ1) is 18.9. The van der Waals surface area contributed by atoms with Gasteiger partial charge in [-0.05, 0) is 57.4 Å². The molecule has 0 aliphatic heterocycles. The summed E-state index contributed by atoms with van der Waals surface area (Å²) in [6.07, 6.45) is 4.12. The first-order valence-corrected chi connectivity index (χ1v) is 8.95. The third-order valence-electron chi connectivity index (χ3n) is 5.21. The van der Waals surface area contributed by atoms with Crippen molar-refractivity contribution in [3.8, 4) is 0 Å². The van der Waals surface area contributed by atoms with Gasteiger partial charge in [-0.1, -0.05) is 20.8 Å². The van der Waals surface area contributed by atoms with Crippen LogP contribution in [0, 0.1) is 17.8 Å². The van der Waals surface area contributed by atoms with Crippen molar-refractivity contribution in [3.63, 3.8) is 0 Å². The van der Waals surface area contributed by atoms with E-state index in [9.17, 15) is 0 Å². The Hall–Kier alpha value is -0.120. The highest BCUT2D eigenvalue weighted by Gasteiger charge is 2.32. The van der Waals surface area contributed by atoms with Crippen LogP contribution in [0.25, 0.3) is 0 Å². The van der Waals surface area contributed by atoms with Crippen LogP contribution >= 0.6 is 0 Å². The predicted octanol–water partition coefficient (Wildman–Crippen LogP) is 3.39. The van der Waals surface area contributed by atoms with Gasteiger partial charge in [0.25, 0.3) is 0 Å². The van der Waals surface area contributed by atoms with Crippen molar-refractivity contribution in [1.29, 1.82) is 0 Å². The minimum Gasteiger partial charge on any atom is -0.383 e. The summed E-state index contributed by atoms with van der Waals surface area (Å²) in [6.45, 7) is 15.8. The highest BCUT2D eigenvalue weighted by Crippen LogP contribution is 2.34. The lowest BCUT2D eigenvalue weighted by atomic mass is 9.73. The summed E-state index contributed by atoms with van der Waals surface area (Å²) in [5, 5.41) is 3.74. The first-order valence-electron chi connectivity index (χ1n) is 8.95. The number of methoxy groups -OCH3 is 1. The molecule has 0 amide bonds. The Morgan fingerprint density at radius 1 is 1.19 bits per heavy atom. The first-order chi connectivity index (χ1) is 9.99. The molecule has 0 saturated heterocycles. The standard InChI is InChI=1S/C18H38N2O/c1-7-19-18-9-8-16(14(2)3)12-17(18)13-20(15(4)5)10-11-21-6/h14-19H,7-13H2,1-6H3. The number of ether oxygens (including phenoxy) is 1. The quantitative estimate of drug-likeness (QED) is 0.706. The van der Waals surface area contributed by atoms with Crippen LogP contribution in [0.1, 0.15) is 53.9 Å². The van der Waals surface area contributed by atoms with Crippen LogP contribution in [-0.4, -0.2) is 50.3 Å². The molecular formula is C18H38N2O. The van der Waals surface area contributed by atoms with Crippen molar-refractivity contribution in [3.05, 3.63) is 0 Å². The lowest BCUT2D eigenvalue weighted by Gasteiger charge is -2.41. The molecule has 3 nitrogen and oxygen atoms in total. The Morgan fingerprint density at radius 3 is 2.43 bits per heavy atom. The van der Waals surface area contributed by atoms with E-state index in [1.165, 1.54) is 25.8 Å². The summed E-state index contributed by atoms with van der Waals surface area (Å²) >= 11 is 0. The number of hydrogen-bond donors (Lipinski definition) is 1. The SMILES string of the molecule is CCNC1CCC(C(C)C)CC1CN(CCOC)C(C)C. The van der Waals surface area contributed by atoms with Crippen molar-refractivity contribution in [2.75, 3.05) is 33.4 Å². The van der Waals surface area contributed by atoms with Crippen LogP contribution in [-0.2, 0) is 4.74 Å². The van der Waals surface area contributed by atoms with Gasteiger partial charge in [0.05, 0.1) is 6.61 Å². The summed E-state index contributed by atoms with van der Waals surface area (Å²) < 4.78 is 5.29. The summed E-state index contributed by atoms with van der Waals surface area (Å²) in [4.78, 5) is 2.60. The molecule has 1 rings (SSSR count). The molecule has 0 bridgehead atoms. The van der Waals surface area contributed by atoms with Crippen molar-refractivity contribution < 1.29 is 4.74 Å². The van der Waals surface area contributed by atoms with E-state index in [-0.39, 0.29) is 0 Å². The Balaban J connectivity index is 2.66. The highest BCUT2D eigenvalue weighted by atomic mass is 16.5. The van der Waals surface area contributed by atoms with Crippen molar-refractivity contribution in [1.82, 2.24) is 10.2 Å². The summed E-state index contributed by atoms with van der Waals surface area (Å²) in [6, 6.07) is 1.30. The van der Waals surface area contributed by atoms with Gasteiger partial charge >= 0.3 is 0 Å². The van der Waals surface area contributed by atoms with Gasteiger partial charge in [0, 0.05) is 32.3 Å². The third kappa shape index (κ3) is 6.25. The van der Waals surface area contributed by atoms with Crippen molar-refractivity contribution in [2.45, 2.75) is 66.0 Å². The molecule has 1 N–H and O–H groups in total. The molecule has 1 aliphatic carbocycles. The van der Waals surface area contributed by atoms with E-state index in [1.54, 1.807) is 7.11 Å². The van der Waals surface area contributed by atoms with Gasteiger partial charge in [0.2, 0.25) is 0 Å². The van der Waals surface area contributed by atoms with Crippen LogP contribution < -0.4 is 5.32 Å². The van der Waals surface area contributed by atoms with E-state index in [4.69, 9.17) is 4.74 Å². The maximum absolute atomic E-state index is 5.29. The number of nitrogens with zero attached hydrogens (tertiary/aromatic N) is 1. The minimum absolute atomic E-state index is 0.599. The fraction of sp³-hybridized carbons (Fsp3) is 1.00. The zero-order valence-corrected chi connectivity index (χ0v) is 15.2. The van der Waals surface area contributed by atoms with E-state index in [0.29, 0.717) is 12.1 Å². The van der Waals surface area contributed by atoms with Crippen LogP contribution in [0.4, 0.5) is 0 Å².